The molecule has 0 radical (unpaired) electrons. The van der Waals surface area contributed by atoms with Gasteiger partial charge in [0.1, 0.15) is 54.9 Å². The van der Waals surface area contributed by atoms with Crippen LogP contribution >= 0.6 is 0 Å². The zero-order valence-electron chi connectivity index (χ0n) is 31.2. The van der Waals surface area contributed by atoms with Crippen molar-refractivity contribution in [3.63, 3.8) is 0 Å². The molecule has 0 spiro atoms. The summed E-state index contributed by atoms with van der Waals surface area (Å²) in [6.45, 7) is 2.44. The van der Waals surface area contributed by atoms with Crippen LogP contribution in [0, 0.1) is 0 Å². The summed E-state index contributed by atoms with van der Waals surface area (Å²) in [6, 6.07) is 0. The van der Waals surface area contributed by atoms with Gasteiger partial charge in [0, 0.05) is 13.5 Å². The lowest BCUT2D eigenvalue weighted by Crippen LogP contribution is -2.61. The summed E-state index contributed by atoms with van der Waals surface area (Å²) in [5, 5.41) is 70.8. The van der Waals surface area contributed by atoms with Gasteiger partial charge in [-0.3, -0.25) is 4.79 Å². The highest BCUT2D eigenvalue weighted by Crippen LogP contribution is 2.26. The number of aliphatic hydroxyl groups excluding tert-OH is 7. The van der Waals surface area contributed by atoms with Crippen LogP contribution in [0.15, 0.2) is 60.8 Å². The third kappa shape index (κ3) is 18.7. The largest absolute Gasteiger partial charge is 0.458 e. The first-order valence-electron chi connectivity index (χ1n) is 18.8. The third-order valence-corrected chi connectivity index (χ3v) is 8.59. The van der Waals surface area contributed by atoms with Crippen molar-refractivity contribution in [1.82, 2.24) is 0 Å². The van der Waals surface area contributed by atoms with Gasteiger partial charge in [-0.1, -0.05) is 80.5 Å². The topological polar surface area (TPSA) is 214 Å². The first kappa shape index (κ1) is 46.8. The minimum absolute atomic E-state index is 0.0251. The number of allylic oxidation sites excluding steroid dienone is 10. The van der Waals surface area contributed by atoms with Crippen molar-refractivity contribution in [2.24, 2.45) is 0 Å². The van der Waals surface area contributed by atoms with Crippen molar-refractivity contribution in [2.45, 2.75) is 146 Å². The molecular formula is C39H64O14. The Labute approximate surface area is 314 Å². The van der Waals surface area contributed by atoms with E-state index >= 15 is 0 Å². The fourth-order valence-electron chi connectivity index (χ4n) is 5.54. The maximum absolute atomic E-state index is 11.7. The van der Waals surface area contributed by atoms with E-state index in [-0.39, 0.29) is 13.2 Å². The molecule has 2 heterocycles. The lowest BCUT2D eigenvalue weighted by Gasteiger charge is -2.42. The van der Waals surface area contributed by atoms with E-state index in [1.54, 1.807) is 0 Å². The Kier molecular flexibility index (Phi) is 24.9. The maximum atomic E-state index is 11.7. The van der Waals surface area contributed by atoms with Crippen LogP contribution in [0.2, 0.25) is 0 Å². The van der Waals surface area contributed by atoms with Crippen molar-refractivity contribution in [3.05, 3.63) is 60.8 Å². The van der Waals surface area contributed by atoms with Gasteiger partial charge in [-0.15, -0.1) is 0 Å². The van der Waals surface area contributed by atoms with Crippen LogP contribution in [0.5, 0.6) is 0 Å². The van der Waals surface area contributed by atoms with Crippen molar-refractivity contribution in [1.29, 1.82) is 0 Å². The number of hydrogen-bond donors (Lipinski definition) is 7. The van der Waals surface area contributed by atoms with Crippen molar-refractivity contribution in [3.8, 4) is 0 Å². The number of ether oxygens (including phenoxy) is 6. The molecule has 0 aromatic heterocycles. The van der Waals surface area contributed by atoms with Gasteiger partial charge in [0.2, 0.25) is 0 Å². The molecule has 304 valence electrons. The molecule has 2 aliphatic rings. The number of rotatable bonds is 26. The predicted octanol–water partition coefficient (Wildman–Crippen LogP) is 2.28. The molecule has 0 aromatic carbocycles. The lowest BCUT2D eigenvalue weighted by molar-refractivity contribution is -0.332. The van der Waals surface area contributed by atoms with Gasteiger partial charge >= 0.3 is 5.97 Å². The van der Waals surface area contributed by atoms with Gasteiger partial charge in [0.05, 0.1) is 26.4 Å². The second-order valence-electron chi connectivity index (χ2n) is 13.1. The summed E-state index contributed by atoms with van der Waals surface area (Å²) in [5.41, 5.74) is 0. The molecular weight excluding hydrogens is 692 g/mol. The van der Waals surface area contributed by atoms with Crippen LogP contribution in [0.4, 0.5) is 0 Å². The molecule has 14 heteroatoms. The molecule has 0 bridgehead atoms. The molecule has 2 saturated heterocycles. The van der Waals surface area contributed by atoms with E-state index < -0.39 is 86.7 Å². The first-order chi connectivity index (χ1) is 25.6. The monoisotopic (exact) mass is 756 g/mol. The Morgan fingerprint density at radius 1 is 0.623 bits per heavy atom. The molecule has 11 atom stereocenters. The number of aliphatic hydroxyl groups is 7. The molecule has 0 aliphatic carbocycles. The standard InChI is InChI=1S/C39H64O14/c1-3-4-5-6-7-8-9-10-11-12-13-14-15-16-17-18-19-20-21-22-23-48-25-29(51-28(2)41)26-49-38-37(47)35(45)33(43)31(53-38)27-50-39-36(46)34(44)32(42)30(24-40)52-39/h4-5,7-8,10-11,13-14,16-17,29-40,42-47H,3,6,9,12,15,18-27H2,1-2H3/b5-4-,8-7-,11-10-,14-13-,17-16-. The average molecular weight is 757 g/mol. The quantitative estimate of drug-likeness (QED) is 0.0384. The van der Waals surface area contributed by atoms with E-state index in [1.807, 2.05) is 0 Å². The van der Waals surface area contributed by atoms with E-state index in [1.165, 1.54) is 6.92 Å². The van der Waals surface area contributed by atoms with Crippen molar-refractivity contribution in [2.75, 3.05) is 33.0 Å². The number of unbranched alkanes of at least 4 members (excludes halogenated alkanes) is 4. The predicted molar refractivity (Wildman–Crippen MR) is 196 cm³/mol. The van der Waals surface area contributed by atoms with Crippen LogP contribution in [-0.4, -0.2) is 142 Å². The van der Waals surface area contributed by atoms with E-state index in [0.717, 1.165) is 64.2 Å². The Morgan fingerprint density at radius 3 is 1.70 bits per heavy atom. The molecule has 0 saturated carbocycles. The zero-order valence-corrected chi connectivity index (χ0v) is 31.2. The highest BCUT2D eigenvalue weighted by Gasteiger charge is 2.47. The van der Waals surface area contributed by atoms with Crippen LogP contribution in [0.1, 0.15) is 78.1 Å². The third-order valence-electron chi connectivity index (χ3n) is 8.59. The molecule has 7 N–H and O–H groups in total. The second kappa shape index (κ2) is 28.1. The SMILES string of the molecule is CC/C=C\C/C=C\C/C=C\C/C=C\C/C=C\CCCCCCOCC(COC1OC(COC2OC(CO)C(O)C(O)C2O)C(O)C(O)C1O)OC(C)=O. The number of hydrogen-bond acceptors (Lipinski definition) is 14. The van der Waals surface area contributed by atoms with E-state index in [9.17, 15) is 40.5 Å². The summed E-state index contributed by atoms with van der Waals surface area (Å²) in [7, 11) is 0. The molecule has 0 aromatic rings. The summed E-state index contributed by atoms with van der Waals surface area (Å²) in [4.78, 5) is 11.7. The van der Waals surface area contributed by atoms with Crippen LogP contribution in [0.25, 0.3) is 0 Å². The highest BCUT2D eigenvalue weighted by molar-refractivity contribution is 5.66. The Bertz CT molecular complexity index is 1110. The molecule has 11 unspecified atom stereocenters. The van der Waals surface area contributed by atoms with Gasteiger partial charge in [0.15, 0.2) is 12.6 Å². The van der Waals surface area contributed by atoms with Crippen LogP contribution in [-0.2, 0) is 33.2 Å². The van der Waals surface area contributed by atoms with E-state index in [2.05, 4.69) is 67.7 Å². The van der Waals surface area contributed by atoms with Gasteiger partial charge < -0.3 is 64.2 Å². The normalized spacial score (nSPS) is 30.4. The minimum atomic E-state index is -1.71. The van der Waals surface area contributed by atoms with E-state index in [4.69, 9.17) is 28.4 Å². The van der Waals surface area contributed by atoms with Crippen LogP contribution in [0.3, 0.4) is 0 Å². The van der Waals surface area contributed by atoms with Gasteiger partial charge in [-0.05, 0) is 51.4 Å². The van der Waals surface area contributed by atoms with E-state index in [0.29, 0.717) is 6.61 Å². The van der Waals surface area contributed by atoms with Crippen molar-refractivity contribution < 1.29 is 69.0 Å². The smallest absolute Gasteiger partial charge is 0.303 e. The number of esters is 1. The summed E-state index contributed by atoms with van der Waals surface area (Å²) < 4.78 is 33.0. The fraction of sp³-hybridized carbons (Fsp3) is 0.718. The Morgan fingerprint density at radius 2 is 1.13 bits per heavy atom. The number of carbonyl (C=O) groups is 1. The molecule has 14 nitrogen and oxygen atoms in total. The van der Waals surface area contributed by atoms with Gasteiger partial charge in [-0.25, -0.2) is 0 Å². The van der Waals surface area contributed by atoms with Crippen molar-refractivity contribution >= 4 is 5.97 Å². The summed E-state index contributed by atoms with van der Waals surface area (Å²) in [6.07, 6.45) is 15.5. The Hall–Kier alpha value is -2.31. The molecule has 0 amide bonds. The zero-order chi connectivity index (χ0) is 38.8. The maximum Gasteiger partial charge on any atom is 0.303 e. The van der Waals surface area contributed by atoms with Gasteiger partial charge in [0.25, 0.3) is 0 Å². The first-order valence-corrected chi connectivity index (χ1v) is 18.8. The van der Waals surface area contributed by atoms with Crippen LogP contribution < -0.4 is 0 Å². The second-order valence-corrected chi connectivity index (χ2v) is 13.1. The number of carbonyl (C=O) groups excluding carboxylic acids is 1. The lowest BCUT2D eigenvalue weighted by atomic mass is 9.98. The minimum Gasteiger partial charge on any atom is -0.458 e. The Balaban J connectivity index is 1.62. The molecule has 53 heavy (non-hydrogen) atoms. The average Bonchev–Trinajstić information content (AvgIpc) is 3.14. The summed E-state index contributed by atoms with van der Waals surface area (Å²) >= 11 is 0. The molecule has 2 aliphatic heterocycles. The van der Waals surface area contributed by atoms with Gasteiger partial charge in [-0.2, -0.15) is 0 Å². The summed E-state index contributed by atoms with van der Waals surface area (Å²) in [5.74, 6) is -0.566. The highest BCUT2D eigenvalue weighted by atomic mass is 16.7. The molecule has 2 fully saturated rings. The molecule has 2 rings (SSSR count). The fourth-order valence-corrected chi connectivity index (χ4v) is 5.54.